The molecule has 1 aromatic carbocycles. The maximum absolute atomic E-state index is 12.7. The molecule has 3 rings (SSSR count). The quantitative estimate of drug-likeness (QED) is 0.629. The summed E-state index contributed by atoms with van der Waals surface area (Å²) in [5.74, 6) is 0.714. The van der Waals surface area contributed by atoms with E-state index >= 15 is 0 Å². The van der Waals surface area contributed by atoms with Crippen molar-refractivity contribution in [1.29, 1.82) is 0 Å². The number of nitrogens with one attached hydrogen (secondary N) is 1. The first kappa shape index (κ1) is 19.4. The van der Waals surface area contributed by atoms with Crippen LogP contribution in [0.1, 0.15) is 24.8 Å². The summed E-state index contributed by atoms with van der Waals surface area (Å²) in [5.41, 5.74) is 1.71. The number of benzene rings is 1. The summed E-state index contributed by atoms with van der Waals surface area (Å²) in [7, 11) is -3.98. The molecule has 2 aliphatic heterocycles. The number of rotatable bonds is 7. The van der Waals surface area contributed by atoms with Crippen LogP contribution in [0.25, 0.3) is 0 Å². The van der Waals surface area contributed by atoms with Crippen LogP contribution in [0.4, 0.5) is 10.5 Å². The summed E-state index contributed by atoms with van der Waals surface area (Å²) in [5, 5.41) is 3.37. The first-order chi connectivity index (χ1) is 12.4. The highest BCUT2D eigenvalue weighted by atomic mass is 31.2. The summed E-state index contributed by atoms with van der Waals surface area (Å²) in [6.07, 6.45) is 3.65. The summed E-state index contributed by atoms with van der Waals surface area (Å²) < 4.78 is 11.0. The number of hydrogen-bond donors (Lipinski definition) is 3. The Morgan fingerprint density at radius 3 is 2.46 bits per heavy atom. The van der Waals surface area contributed by atoms with Gasteiger partial charge in [0.15, 0.2) is 0 Å². The Bertz CT molecular complexity index is 655. The monoisotopic (exact) mass is 381 g/mol. The van der Waals surface area contributed by atoms with E-state index in [1.807, 2.05) is 29.2 Å². The van der Waals surface area contributed by atoms with Gasteiger partial charge in [-0.1, -0.05) is 12.1 Å². The Morgan fingerprint density at radius 1 is 1.12 bits per heavy atom. The van der Waals surface area contributed by atoms with E-state index in [0.717, 1.165) is 43.9 Å². The normalized spacial score (nSPS) is 19.4. The molecule has 2 aliphatic rings. The van der Waals surface area contributed by atoms with Crippen molar-refractivity contribution < 1.29 is 19.1 Å². The number of hydrogen-bond acceptors (Lipinski definition) is 3. The van der Waals surface area contributed by atoms with Gasteiger partial charge in [0.1, 0.15) is 0 Å². The third kappa shape index (κ3) is 5.30. The van der Waals surface area contributed by atoms with E-state index < -0.39 is 7.60 Å². The Labute approximate surface area is 154 Å². The van der Waals surface area contributed by atoms with E-state index in [1.54, 1.807) is 4.90 Å². The molecule has 7 nitrogen and oxygen atoms in total. The number of amides is 2. The van der Waals surface area contributed by atoms with E-state index in [4.69, 9.17) is 9.79 Å². The zero-order valence-electron chi connectivity index (χ0n) is 15.0. The zero-order chi connectivity index (χ0) is 18.6. The molecule has 144 valence electrons. The van der Waals surface area contributed by atoms with Crippen LogP contribution in [0.3, 0.4) is 0 Å². The van der Waals surface area contributed by atoms with Crippen molar-refractivity contribution in [1.82, 2.24) is 10.2 Å². The molecule has 8 heteroatoms. The molecule has 26 heavy (non-hydrogen) atoms. The molecular weight excluding hydrogens is 353 g/mol. The topological polar surface area (TPSA) is 93.1 Å². The highest BCUT2D eigenvalue weighted by molar-refractivity contribution is 7.51. The van der Waals surface area contributed by atoms with Crippen molar-refractivity contribution in [2.24, 2.45) is 5.92 Å². The van der Waals surface area contributed by atoms with Crippen molar-refractivity contribution in [2.45, 2.75) is 25.7 Å². The molecule has 2 amide bonds. The van der Waals surface area contributed by atoms with Crippen LogP contribution in [0.2, 0.25) is 0 Å². The van der Waals surface area contributed by atoms with Gasteiger partial charge in [0.05, 0.1) is 6.16 Å². The SMILES string of the molecule is O=C1N(CCC2CCNCC2)CCN1c1ccc(CCP(=O)(O)O)cc1. The van der Waals surface area contributed by atoms with Crippen LogP contribution >= 0.6 is 7.60 Å². The van der Waals surface area contributed by atoms with E-state index in [-0.39, 0.29) is 12.2 Å². The van der Waals surface area contributed by atoms with Crippen LogP contribution in [0, 0.1) is 5.92 Å². The standard InChI is InChI=1S/C18H28N3O4P/c22-18-20(11-7-16-5-9-19-10-6-16)12-13-21(18)17-3-1-15(2-4-17)8-14-26(23,24)25/h1-4,16,19H,5-14H2,(H2,23,24,25). The third-order valence-electron chi connectivity index (χ3n) is 5.30. The molecule has 0 radical (unpaired) electrons. The van der Waals surface area contributed by atoms with Crippen LogP contribution in [-0.2, 0) is 11.0 Å². The molecule has 1 aromatic rings. The van der Waals surface area contributed by atoms with Gasteiger partial charge in [0.25, 0.3) is 0 Å². The van der Waals surface area contributed by atoms with Crippen molar-refractivity contribution in [2.75, 3.05) is 43.8 Å². The Kier molecular flexibility index (Phi) is 6.35. The lowest BCUT2D eigenvalue weighted by Gasteiger charge is -2.25. The summed E-state index contributed by atoms with van der Waals surface area (Å²) in [6.45, 7) is 4.43. The molecule has 0 unspecified atom stereocenters. The lowest BCUT2D eigenvalue weighted by molar-refractivity contribution is 0.214. The van der Waals surface area contributed by atoms with E-state index in [2.05, 4.69) is 5.32 Å². The second-order valence-corrected chi connectivity index (χ2v) is 8.98. The minimum atomic E-state index is -3.98. The van der Waals surface area contributed by atoms with Gasteiger partial charge < -0.3 is 20.0 Å². The Hall–Kier alpha value is -1.40. The van der Waals surface area contributed by atoms with E-state index in [0.29, 0.717) is 18.9 Å². The van der Waals surface area contributed by atoms with Crippen LogP contribution < -0.4 is 10.2 Å². The zero-order valence-corrected chi connectivity index (χ0v) is 15.9. The molecule has 2 fully saturated rings. The minimum absolute atomic E-state index is 0.0573. The second kappa shape index (κ2) is 8.53. The van der Waals surface area contributed by atoms with Gasteiger partial charge in [-0.25, -0.2) is 4.79 Å². The summed E-state index contributed by atoms with van der Waals surface area (Å²) in [6, 6.07) is 7.47. The first-order valence-corrected chi connectivity index (χ1v) is 11.1. The average Bonchev–Trinajstić information content (AvgIpc) is 2.99. The number of nitrogens with zero attached hydrogens (tertiary/aromatic N) is 2. The second-order valence-electron chi connectivity index (χ2n) is 7.21. The minimum Gasteiger partial charge on any atom is -0.324 e. The number of piperidine rings is 1. The van der Waals surface area contributed by atoms with Gasteiger partial charge in [0.2, 0.25) is 0 Å². The molecule has 0 aliphatic carbocycles. The van der Waals surface area contributed by atoms with E-state index in [1.165, 1.54) is 12.8 Å². The molecule has 0 atom stereocenters. The predicted octanol–water partition coefficient (Wildman–Crippen LogP) is 2.04. The highest BCUT2D eigenvalue weighted by Gasteiger charge is 2.29. The molecular formula is C18H28N3O4P. The fourth-order valence-corrected chi connectivity index (χ4v) is 4.21. The van der Waals surface area contributed by atoms with Crippen LogP contribution in [-0.4, -0.2) is 59.6 Å². The number of urea groups is 1. The Balaban J connectivity index is 1.51. The highest BCUT2D eigenvalue weighted by Crippen LogP contribution is 2.35. The van der Waals surface area contributed by atoms with Gasteiger partial charge in [-0.05, 0) is 62.4 Å². The number of carbonyl (C=O) groups is 1. The molecule has 0 aromatic heterocycles. The molecule has 3 N–H and O–H groups in total. The number of aryl methyl sites for hydroxylation is 1. The largest absolute Gasteiger partial charge is 0.325 e. The van der Waals surface area contributed by atoms with Crippen molar-refractivity contribution in [3.8, 4) is 0 Å². The smallest absolute Gasteiger partial charge is 0.324 e. The van der Waals surface area contributed by atoms with Crippen LogP contribution in [0.15, 0.2) is 24.3 Å². The van der Waals surface area contributed by atoms with Gasteiger partial charge in [-0.2, -0.15) is 0 Å². The summed E-state index contributed by atoms with van der Waals surface area (Å²) in [4.78, 5) is 34.3. The van der Waals surface area contributed by atoms with Crippen molar-refractivity contribution in [3.05, 3.63) is 29.8 Å². The molecule has 0 saturated carbocycles. The first-order valence-electron chi connectivity index (χ1n) is 9.33. The number of anilines is 1. The van der Waals surface area contributed by atoms with E-state index in [9.17, 15) is 9.36 Å². The van der Waals surface area contributed by atoms with Crippen molar-refractivity contribution in [3.63, 3.8) is 0 Å². The van der Waals surface area contributed by atoms with Gasteiger partial charge >= 0.3 is 13.6 Å². The lowest BCUT2D eigenvalue weighted by atomic mass is 9.94. The maximum atomic E-state index is 12.7. The predicted molar refractivity (Wildman–Crippen MR) is 102 cm³/mol. The maximum Gasteiger partial charge on any atom is 0.325 e. The molecule has 2 heterocycles. The average molecular weight is 381 g/mol. The number of carbonyl (C=O) groups excluding carboxylic acids is 1. The lowest BCUT2D eigenvalue weighted by Crippen LogP contribution is -2.34. The summed E-state index contributed by atoms with van der Waals surface area (Å²) >= 11 is 0. The third-order valence-corrected chi connectivity index (χ3v) is 6.11. The van der Waals surface area contributed by atoms with Crippen LogP contribution in [0.5, 0.6) is 0 Å². The Morgan fingerprint density at radius 2 is 1.81 bits per heavy atom. The fourth-order valence-electron chi connectivity index (χ4n) is 3.66. The molecule has 2 saturated heterocycles. The fraction of sp³-hybridized carbons (Fsp3) is 0.611. The van der Waals surface area contributed by atoms with Gasteiger partial charge in [-0.15, -0.1) is 0 Å². The molecule has 0 bridgehead atoms. The van der Waals surface area contributed by atoms with Crippen molar-refractivity contribution >= 4 is 19.3 Å². The molecule has 0 spiro atoms. The van der Waals surface area contributed by atoms with Gasteiger partial charge in [0, 0.05) is 25.3 Å². The van der Waals surface area contributed by atoms with Gasteiger partial charge in [-0.3, -0.25) is 9.46 Å².